The summed E-state index contributed by atoms with van der Waals surface area (Å²) in [5, 5.41) is 13.9. The van der Waals surface area contributed by atoms with E-state index >= 15 is 0 Å². The highest BCUT2D eigenvalue weighted by Crippen LogP contribution is 2.50. The van der Waals surface area contributed by atoms with E-state index in [0.29, 0.717) is 35.6 Å². The van der Waals surface area contributed by atoms with Gasteiger partial charge in [0.2, 0.25) is 9.84 Å². The lowest BCUT2D eigenvalue weighted by Gasteiger charge is -2.40. The molecule has 1 saturated carbocycles. The van der Waals surface area contributed by atoms with Gasteiger partial charge in [-0.05, 0) is 55.7 Å². The summed E-state index contributed by atoms with van der Waals surface area (Å²) in [5.41, 5.74) is 7.56. The number of anilines is 2. The van der Waals surface area contributed by atoms with E-state index in [1.807, 2.05) is 0 Å². The number of benzene rings is 1. The number of aliphatic hydroxyl groups excluding tert-OH is 1. The monoisotopic (exact) mass is 468 g/mol. The average molecular weight is 469 g/mol. The second kappa shape index (κ2) is 9.12. The molecular formula is C22H24N6O4S. The van der Waals surface area contributed by atoms with Crippen LogP contribution in [0.4, 0.5) is 16.3 Å². The standard InChI is InChI=1S/C22H24N6O4S/c23-18-14-17(22(9-3-10-22)33(31,32)19-4-1-2-11-24-19)27-20(28-18)15-5-7-16(8-6-15)26-21(30)25-12-13-29/h1-2,4-8,11,14,29H,3,9-10,12-13H2,(H2,23,27,28)(H2,25,26,30). The third-order valence-corrected chi connectivity index (χ3v) is 8.04. The number of sulfone groups is 1. The number of hydrogen-bond acceptors (Lipinski definition) is 8. The molecule has 3 aromatic rings. The molecule has 1 aromatic carbocycles. The van der Waals surface area contributed by atoms with Gasteiger partial charge in [0.1, 0.15) is 10.6 Å². The molecule has 0 radical (unpaired) electrons. The first kappa shape index (κ1) is 22.6. The zero-order valence-corrected chi connectivity index (χ0v) is 18.5. The molecule has 0 aliphatic heterocycles. The summed E-state index contributed by atoms with van der Waals surface area (Å²) < 4.78 is 25.8. The van der Waals surface area contributed by atoms with Crippen LogP contribution in [-0.4, -0.2) is 47.7 Å². The highest BCUT2D eigenvalue weighted by molar-refractivity contribution is 7.92. The summed E-state index contributed by atoms with van der Waals surface area (Å²) in [6.45, 7) is -0.00795. The van der Waals surface area contributed by atoms with Gasteiger partial charge in [-0.15, -0.1) is 0 Å². The Labute approximate surface area is 191 Å². The van der Waals surface area contributed by atoms with E-state index in [-0.39, 0.29) is 24.0 Å². The fourth-order valence-corrected chi connectivity index (χ4v) is 5.81. The van der Waals surface area contributed by atoms with Gasteiger partial charge in [0.15, 0.2) is 10.9 Å². The Kier molecular flexibility index (Phi) is 6.25. The zero-order chi connectivity index (χ0) is 23.5. The van der Waals surface area contributed by atoms with Gasteiger partial charge >= 0.3 is 6.03 Å². The van der Waals surface area contributed by atoms with Crippen LogP contribution < -0.4 is 16.4 Å². The van der Waals surface area contributed by atoms with Gasteiger partial charge < -0.3 is 21.5 Å². The minimum absolute atomic E-state index is 0.0123. The molecule has 172 valence electrons. The molecular weight excluding hydrogens is 444 g/mol. The number of aromatic nitrogens is 3. The maximum atomic E-state index is 13.5. The quantitative estimate of drug-likeness (QED) is 0.410. The van der Waals surface area contributed by atoms with Gasteiger partial charge in [0, 0.05) is 30.1 Å². The number of carbonyl (C=O) groups excluding carboxylic acids is 1. The van der Waals surface area contributed by atoms with Gasteiger partial charge in [-0.2, -0.15) is 0 Å². The molecule has 0 atom stereocenters. The van der Waals surface area contributed by atoms with Crippen molar-refractivity contribution in [2.24, 2.45) is 0 Å². The van der Waals surface area contributed by atoms with Crippen LogP contribution in [0.3, 0.4) is 0 Å². The molecule has 1 aliphatic rings. The second-order valence-corrected chi connectivity index (χ2v) is 9.91. The molecule has 1 aliphatic carbocycles. The lowest BCUT2D eigenvalue weighted by Crippen LogP contribution is -2.43. The van der Waals surface area contributed by atoms with E-state index in [4.69, 9.17) is 10.8 Å². The summed E-state index contributed by atoms with van der Waals surface area (Å²) in [7, 11) is -3.79. The Morgan fingerprint density at radius 1 is 1.12 bits per heavy atom. The number of urea groups is 1. The van der Waals surface area contributed by atoms with Crippen LogP contribution in [0, 0.1) is 0 Å². The normalized spacial score (nSPS) is 14.8. The fourth-order valence-electron chi connectivity index (χ4n) is 3.74. The first-order valence-electron chi connectivity index (χ1n) is 10.4. The Morgan fingerprint density at radius 3 is 2.48 bits per heavy atom. The minimum atomic E-state index is -3.79. The molecule has 0 bridgehead atoms. The van der Waals surface area contributed by atoms with E-state index in [9.17, 15) is 13.2 Å². The lowest BCUT2D eigenvalue weighted by molar-refractivity contribution is 0.245. The number of nitrogens with zero attached hydrogens (tertiary/aromatic N) is 3. The molecule has 0 spiro atoms. The molecule has 33 heavy (non-hydrogen) atoms. The Balaban J connectivity index is 1.65. The van der Waals surface area contributed by atoms with Crippen LogP contribution in [0.25, 0.3) is 11.4 Å². The second-order valence-electron chi connectivity index (χ2n) is 7.70. The number of nitrogens with one attached hydrogen (secondary N) is 2. The smallest absolute Gasteiger partial charge is 0.319 e. The number of pyridine rings is 1. The Hall–Kier alpha value is -3.57. The van der Waals surface area contributed by atoms with Crippen LogP contribution in [0.2, 0.25) is 0 Å². The molecule has 1 fully saturated rings. The van der Waals surface area contributed by atoms with E-state index in [0.717, 1.165) is 6.42 Å². The third kappa shape index (κ3) is 4.37. The van der Waals surface area contributed by atoms with E-state index < -0.39 is 20.6 Å². The van der Waals surface area contributed by atoms with Crippen molar-refractivity contribution in [2.75, 3.05) is 24.2 Å². The molecule has 5 N–H and O–H groups in total. The van der Waals surface area contributed by atoms with Gasteiger partial charge in [-0.3, -0.25) is 0 Å². The topological polar surface area (TPSA) is 160 Å². The number of rotatable bonds is 7. The summed E-state index contributed by atoms with van der Waals surface area (Å²) in [6, 6.07) is 12.6. The van der Waals surface area contributed by atoms with Gasteiger partial charge in [-0.1, -0.05) is 6.07 Å². The summed E-state index contributed by atoms with van der Waals surface area (Å²) in [4.78, 5) is 24.7. The fraction of sp³-hybridized carbons (Fsp3) is 0.273. The summed E-state index contributed by atoms with van der Waals surface area (Å²) in [6.07, 6.45) is 3.06. The first-order chi connectivity index (χ1) is 15.9. The maximum absolute atomic E-state index is 13.5. The molecule has 0 saturated heterocycles. The van der Waals surface area contributed by atoms with Gasteiger partial charge in [-0.25, -0.2) is 28.2 Å². The molecule has 0 unspecified atom stereocenters. The lowest BCUT2D eigenvalue weighted by atomic mass is 9.81. The summed E-state index contributed by atoms with van der Waals surface area (Å²) >= 11 is 0. The molecule has 4 rings (SSSR count). The molecule has 2 heterocycles. The Morgan fingerprint density at radius 2 is 1.88 bits per heavy atom. The van der Waals surface area contributed by atoms with E-state index in [1.165, 1.54) is 18.3 Å². The third-order valence-electron chi connectivity index (χ3n) is 5.60. The predicted octanol–water partition coefficient (Wildman–Crippen LogP) is 2.09. The van der Waals surface area contributed by atoms with Gasteiger partial charge in [0.05, 0.1) is 12.3 Å². The number of aliphatic hydroxyl groups is 1. The number of hydrogen-bond donors (Lipinski definition) is 4. The van der Waals surface area contributed by atoms with Crippen molar-refractivity contribution in [3.05, 3.63) is 60.4 Å². The SMILES string of the molecule is Nc1cc(C2(S(=O)(=O)c3ccccn3)CCC2)nc(-c2ccc(NC(=O)NCCO)cc2)n1. The highest BCUT2D eigenvalue weighted by Gasteiger charge is 2.53. The molecule has 11 heteroatoms. The van der Waals surface area contributed by atoms with Crippen LogP contribution in [0.15, 0.2) is 59.8 Å². The van der Waals surface area contributed by atoms with Crippen molar-refractivity contribution in [2.45, 2.75) is 29.0 Å². The number of carbonyl (C=O) groups is 1. The largest absolute Gasteiger partial charge is 0.395 e. The van der Waals surface area contributed by atoms with Crippen molar-refractivity contribution in [3.63, 3.8) is 0 Å². The van der Waals surface area contributed by atoms with Crippen LogP contribution in [-0.2, 0) is 14.6 Å². The molecule has 2 amide bonds. The summed E-state index contributed by atoms with van der Waals surface area (Å²) in [5.74, 6) is 0.465. The number of amides is 2. The predicted molar refractivity (Wildman–Crippen MR) is 123 cm³/mol. The maximum Gasteiger partial charge on any atom is 0.319 e. The average Bonchev–Trinajstić information content (AvgIpc) is 2.77. The van der Waals surface area contributed by atoms with Gasteiger partial charge in [0.25, 0.3) is 0 Å². The number of nitrogens with two attached hydrogens (primary N) is 1. The van der Waals surface area contributed by atoms with E-state index in [2.05, 4.69) is 25.6 Å². The van der Waals surface area contributed by atoms with Crippen molar-refractivity contribution >= 4 is 27.4 Å². The number of nitrogen functional groups attached to an aromatic ring is 1. The highest BCUT2D eigenvalue weighted by atomic mass is 32.2. The van der Waals surface area contributed by atoms with Crippen molar-refractivity contribution < 1.29 is 18.3 Å². The zero-order valence-electron chi connectivity index (χ0n) is 17.7. The van der Waals surface area contributed by atoms with Crippen LogP contribution in [0.5, 0.6) is 0 Å². The van der Waals surface area contributed by atoms with Crippen molar-refractivity contribution in [3.8, 4) is 11.4 Å². The van der Waals surface area contributed by atoms with Crippen molar-refractivity contribution in [1.82, 2.24) is 20.3 Å². The van der Waals surface area contributed by atoms with Crippen molar-refractivity contribution in [1.29, 1.82) is 0 Å². The van der Waals surface area contributed by atoms with Crippen LogP contribution >= 0.6 is 0 Å². The molecule has 10 nitrogen and oxygen atoms in total. The minimum Gasteiger partial charge on any atom is -0.395 e. The van der Waals surface area contributed by atoms with Crippen LogP contribution in [0.1, 0.15) is 25.0 Å². The van der Waals surface area contributed by atoms with E-state index in [1.54, 1.807) is 36.4 Å². The first-order valence-corrected chi connectivity index (χ1v) is 11.9. The Bertz CT molecular complexity index is 1250. The molecule has 2 aromatic heterocycles.